The van der Waals surface area contributed by atoms with Crippen molar-refractivity contribution in [3.63, 3.8) is 0 Å². The van der Waals surface area contributed by atoms with Crippen LogP contribution in [0, 0.1) is 19.3 Å². The number of fused-ring (bicyclic) bond motifs is 1. The first-order chi connectivity index (χ1) is 7.90. The third-order valence-electron chi connectivity index (χ3n) is 2.35. The van der Waals surface area contributed by atoms with Crippen molar-refractivity contribution < 1.29 is 19.1 Å². The van der Waals surface area contributed by atoms with Crippen LogP contribution in [0.3, 0.4) is 0 Å². The van der Waals surface area contributed by atoms with Gasteiger partial charge in [-0.15, -0.1) is 0 Å². The molecule has 1 heterocycles. The lowest BCUT2D eigenvalue weighted by atomic mass is 9.83. The highest BCUT2D eigenvalue weighted by Gasteiger charge is 2.36. The molecule has 0 fully saturated rings. The van der Waals surface area contributed by atoms with E-state index in [1.54, 1.807) is 0 Å². The van der Waals surface area contributed by atoms with E-state index in [0.717, 1.165) is 0 Å². The topological polar surface area (TPSA) is 52.6 Å². The Kier molecular flexibility index (Phi) is 2.65. The van der Waals surface area contributed by atoms with Crippen LogP contribution in [0.1, 0.15) is 17.3 Å². The van der Waals surface area contributed by atoms with Crippen molar-refractivity contribution in [1.82, 2.24) is 0 Å². The summed E-state index contributed by atoms with van der Waals surface area (Å²) in [5.74, 6) is -0.210. The second kappa shape index (κ2) is 3.87. The van der Waals surface area contributed by atoms with E-state index in [1.165, 1.54) is 25.1 Å². The lowest BCUT2D eigenvalue weighted by molar-refractivity contribution is -0.131. The predicted octanol–water partition coefficient (Wildman–Crippen LogP) is 1.60. The molecule has 0 saturated carbocycles. The highest BCUT2D eigenvalue weighted by molar-refractivity contribution is 6.04. The van der Waals surface area contributed by atoms with Crippen molar-refractivity contribution >= 4 is 11.8 Å². The lowest BCUT2D eigenvalue weighted by Crippen LogP contribution is -2.36. The Bertz CT molecular complexity index is 488. The lowest BCUT2D eigenvalue weighted by Gasteiger charge is -2.29. The van der Waals surface area contributed by atoms with Crippen molar-refractivity contribution in [3.05, 3.63) is 37.6 Å². The molecule has 4 radical (unpaired) electrons. The summed E-state index contributed by atoms with van der Waals surface area (Å²) < 4.78 is 10.1. The Morgan fingerprint density at radius 2 is 2.18 bits per heavy atom. The number of esters is 1. The number of ketones is 1. The second-order valence-corrected chi connectivity index (χ2v) is 3.91. The number of carbonyl (C=O) groups excluding carboxylic acids is 2. The van der Waals surface area contributed by atoms with E-state index < -0.39 is 17.2 Å². The van der Waals surface area contributed by atoms with Gasteiger partial charge in [0.15, 0.2) is 5.78 Å². The van der Waals surface area contributed by atoms with Gasteiger partial charge in [0, 0.05) is 13.0 Å². The number of rotatable bonds is 1. The Morgan fingerprint density at radius 3 is 2.82 bits per heavy atom. The average molecular weight is 230 g/mol. The van der Waals surface area contributed by atoms with Crippen molar-refractivity contribution in [2.45, 2.75) is 6.92 Å². The molecule has 1 aromatic rings. The SMILES string of the molecule is [CH]C1([CH])COc2cc(OC(C)=O)ccc2C1=O. The molecule has 0 N–H and O–H groups in total. The fourth-order valence-corrected chi connectivity index (χ4v) is 1.55. The van der Waals surface area contributed by atoms with Crippen LogP contribution in [-0.2, 0) is 4.79 Å². The third-order valence-corrected chi connectivity index (χ3v) is 2.35. The minimum absolute atomic E-state index is 0.109. The van der Waals surface area contributed by atoms with Gasteiger partial charge >= 0.3 is 5.97 Å². The molecule has 0 aliphatic carbocycles. The van der Waals surface area contributed by atoms with E-state index in [4.69, 9.17) is 23.3 Å². The van der Waals surface area contributed by atoms with Crippen molar-refractivity contribution in [2.24, 2.45) is 5.41 Å². The molecule has 17 heavy (non-hydrogen) atoms. The number of hydrogen-bond acceptors (Lipinski definition) is 4. The predicted molar refractivity (Wildman–Crippen MR) is 58.6 cm³/mol. The summed E-state index contributed by atoms with van der Waals surface area (Å²) in [5, 5.41) is 0. The van der Waals surface area contributed by atoms with Crippen molar-refractivity contribution in [2.75, 3.05) is 6.61 Å². The fourth-order valence-electron chi connectivity index (χ4n) is 1.55. The summed E-state index contributed by atoms with van der Waals surface area (Å²) in [5.41, 5.74) is -1.21. The Hall–Kier alpha value is -1.84. The first-order valence-corrected chi connectivity index (χ1v) is 4.98. The second-order valence-electron chi connectivity index (χ2n) is 3.91. The maximum absolute atomic E-state index is 11.8. The quantitative estimate of drug-likeness (QED) is 0.543. The molecule has 1 aromatic carbocycles. The van der Waals surface area contributed by atoms with Gasteiger partial charge in [0.2, 0.25) is 0 Å². The van der Waals surface area contributed by atoms with E-state index in [-0.39, 0.29) is 12.2 Å². The number of carbonyl (C=O) groups is 2. The molecule has 1 aliphatic heterocycles. The Morgan fingerprint density at radius 1 is 1.47 bits per heavy atom. The first kappa shape index (κ1) is 11.6. The van der Waals surface area contributed by atoms with E-state index in [2.05, 4.69) is 0 Å². The zero-order chi connectivity index (χ0) is 12.6. The highest BCUT2D eigenvalue weighted by atomic mass is 16.5. The molecule has 0 atom stereocenters. The van der Waals surface area contributed by atoms with E-state index >= 15 is 0 Å². The smallest absolute Gasteiger partial charge is 0.308 e. The Balaban J connectivity index is 2.36. The molecule has 86 valence electrons. The summed E-state index contributed by atoms with van der Waals surface area (Å²) in [6.07, 6.45) is 0. The van der Waals surface area contributed by atoms with Gasteiger partial charge in [-0.3, -0.25) is 9.59 Å². The van der Waals surface area contributed by atoms with Crippen LogP contribution in [0.5, 0.6) is 11.5 Å². The molecule has 1 aliphatic rings. The van der Waals surface area contributed by atoms with Crippen LogP contribution >= 0.6 is 0 Å². The summed E-state index contributed by atoms with van der Waals surface area (Å²) in [6.45, 7) is 12.3. The van der Waals surface area contributed by atoms with E-state index in [1.807, 2.05) is 0 Å². The monoisotopic (exact) mass is 230 g/mol. The van der Waals surface area contributed by atoms with Gasteiger partial charge in [-0.1, -0.05) is 0 Å². The minimum Gasteiger partial charge on any atom is -0.492 e. The molecule has 0 unspecified atom stereocenters. The normalized spacial score (nSPS) is 17.0. The van der Waals surface area contributed by atoms with E-state index in [9.17, 15) is 9.59 Å². The number of ether oxygens (including phenoxy) is 2. The summed E-state index contributed by atoms with van der Waals surface area (Å²) >= 11 is 0. The number of hydrogen-bond donors (Lipinski definition) is 0. The highest BCUT2D eigenvalue weighted by Crippen LogP contribution is 2.35. The standard InChI is InChI=1S/C13H10O4/c1-8(14)17-9-4-5-10-11(6-9)16-7-13(2,3)12(10)15/h2-6H,7H2,1H3. The number of Topliss-reactive ketones (excluding diaryl/α,β-unsaturated/α-hetero) is 1. The van der Waals surface area contributed by atoms with Gasteiger partial charge < -0.3 is 9.47 Å². The Labute approximate surface area is 99.5 Å². The third kappa shape index (κ3) is 2.16. The maximum atomic E-state index is 11.8. The molecule has 4 heteroatoms. The van der Waals surface area contributed by atoms with Gasteiger partial charge in [-0.25, -0.2) is 0 Å². The molecule has 0 bridgehead atoms. The molecular formula is C13H10O4. The fraction of sp³-hybridized carbons (Fsp3) is 0.231. The van der Waals surface area contributed by atoms with Crippen LogP contribution < -0.4 is 9.47 Å². The van der Waals surface area contributed by atoms with Crippen molar-refractivity contribution in [3.8, 4) is 11.5 Å². The summed E-state index contributed by atoms with van der Waals surface area (Å²) in [6, 6.07) is 4.43. The van der Waals surface area contributed by atoms with Gasteiger partial charge in [-0.05, 0) is 26.0 Å². The van der Waals surface area contributed by atoms with Crippen LogP contribution in [0.2, 0.25) is 0 Å². The van der Waals surface area contributed by atoms with Crippen LogP contribution in [-0.4, -0.2) is 18.4 Å². The van der Waals surface area contributed by atoms with E-state index in [0.29, 0.717) is 11.5 Å². The van der Waals surface area contributed by atoms with Crippen LogP contribution in [0.25, 0.3) is 0 Å². The molecular weight excluding hydrogens is 220 g/mol. The molecule has 0 aromatic heterocycles. The average Bonchev–Trinajstić information content (AvgIpc) is 2.23. The van der Waals surface area contributed by atoms with Crippen molar-refractivity contribution in [1.29, 1.82) is 0 Å². The summed E-state index contributed by atoms with van der Waals surface area (Å²) in [4.78, 5) is 22.6. The molecule has 2 rings (SSSR count). The maximum Gasteiger partial charge on any atom is 0.308 e. The van der Waals surface area contributed by atoms with Gasteiger partial charge in [0.05, 0.1) is 11.0 Å². The molecule has 0 amide bonds. The minimum atomic E-state index is -1.50. The van der Waals surface area contributed by atoms with Crippen LogP contribution in [0.15, 0.2) is 18.2 Å². The first-order valence-electron chi connectivity index (χ1n) is 4.98. The molecule has 0 spiro atoms. The van der Waals surface area contributed by atoms with Gasteiger partial charge in [-0.2, -0.15) is 0 Å². The van der Waals surface area contributed by atoms with Gasteiger partial charge in [0.25, 0.3) is 0 Å². The van der Waals surface area contributed by atoms with Crippen LogP contribution in [0.4, 0.5) is 0 Å². The zero-order valence-electron chi connectivity index (χ0n) is 9.23. The summed E-state index contributed by atoms with van der Waals surface area (Å²) in [7, 11) is 0. The number of benzene rings is 1. The molecule has 4 nitrogen and oxygen atoms in total. The largest absolute Gasteiger partial charge is 0.492 e. The molecule has 0 saturated heterocycles. The van der Waals surface area contributed by atoms with Gasteiger partial charge in [0.1, 0.15) is 18.1 Å². The zero-order valence-corrected chi connectivity index (χ0v) is 9.23.